The van der Waals surface area contributed by atoms with Crippen molar-refractivity contribution >= 4 is 40.0 Å². The Morgan fingerprint density at radius 2 is 1.68 bits per heavy atom. The lowest BCUT2D eigenvalue weighted by Gasteiger charge is -2.28. The SMILES string of the molecule is CC1(C)C(=O)N(c2ccc(C#N)c(C(F)(F)F)c2)C(=O)N1Cc1ccccc1S(=O)c1ccc(Cl)cc1. The summed E-state index contributed by atoms with van der Waals surface area (Å²) in [6, 6.07) is 16.5. The maximum atomic E-state index is 13.5. The number of halogens is 4. The molecule has 1 heterocycles. The Morgan fingerprint density at radius 3 is 2.30 bits per heavy atom. The Balaban J connectivity index is 1.71. The largest absolute Gasteiger partial charge is 0.417 e. The van der Waals surface area contributed by atoms with Crippen LogP contribution in [0, 0.1) is 11.3 Å². The third-order valence-corrected chi connectivity index (χ3v) is 7.79. The summed E-state index contributed by atoms with van der Waals surface area (Å²) in [5, 5.41) is 9.54. The highest BCUT2D eigenvalue weighted by molar-refractivity contribution is 7.85. The monoisotopic (exact) mass is 545 g/mol. The zero-order chi connectivity index (χ0) is 27.1. The van der Waals surface area contributed by atoms with Gasteiger partial charge in [0.2, 0.25) is 0 Å². The van der Waals surface area contributed by atoms with Crippen molar-refractivity contribution in [2.24, 2.45) is 0 Å². The minimum absolute atomic E-state index is 0.119. The maximum Gasteiger partial charge on any atom is 0.417 e. The van der Waals surface area contributed by atoms with Gasteiger partial charge in [-0.2, -0.15) is 18.4 Å². The summed E-state index contributed by atoms with van der Waals surface area (Å²) < 4.78 is 53.8. The molecule has 0 radical (unpaired) electrons. The molecule has 1 saturated heterocycles. The second-order valence-corrected chi connectivity index (χ2v) is 10.6. The molecule has 0 saturated carbocycles. The molecule has 1 aliphatic rings. The fourth-order valence-corrected chi connectivity index (χ4v) is 5.34. The minimum atomic E-state index is -4.85. The number of amides is 3. The maximum absolute atomic E-state index is 13.5. The van der Waals surface area contributed by atoms with Crippen LogP contribution in [0.15, 0.2) is 76.5 Å². The van der Waals surface area contributed by atoms with E-state index in [2.05, 4.69) is 0 Å². The first kappa shape index (κ1) is 26.4. The first-order chi connectivity index (χ1) is 17.4. The Kier molecular flexibility index (Phi) is 6.88. The smallest absolute Gasteiger partial charge is 0.305 e. The molecule has 1 atom stereocenters. The number of nitriles is 1. The Morgan fingerprint density at radius 1 is 1.03 bits per heavy atom. The Bertz CT molecular complexity index is 1470. The van der Waals surface area contributed by atoms with Crippen molar-refractivity contribution < 1.29 is 27.0 Å². The lowest BCUT2D eigenvalue weighted by molar-refractivity contribution is -0.137. The van der Waals surface area contributed by atoms with Crippen LogP contribution in [-0.4, -0.2) is 26.6 Å². The van der Waals surface area contributed by atoms with Gasteiger partial charge in [-0.25, -0.2) is 13.9 Å². The van der Waals surface area contributed by atoms with Crippen LogP contribution in [0.4, 0.5) is 23.7 Å². The number of alkyl halides is 3. The van der Waals surface area contributed by atoms with E-state index >= 15 is 0 Å². The van der Waals surface area contributed by atoms with Gasteiger partial charge >= 0.3 is 12.2 Å². The fraction of sp³-hybridized carbons (Fsp3) is 0.192. The fourth-order valence-electron chi connectivity index (χ4n) is 4.00. The molecule has 6 nitrogen and oxygen atoms in total. The van der Waals surface area contributed by atoms with Crippen molar-refractivity contribution in [3.63, 3.8) is 0 Å². The number of rotatable bonds is 5. The number of imide groups is 1. The molecule has 0 spiro atoms. The molecule has 3 aromatic rings. The van der Waals surface area contributed by atoms with Gasteiger partial charge in [0.1, 0.15) is 5.54 Å². The number of benzene rings is 3. The molecular weight excluding hydrogens is 527 g/mol. The van der Waals surface area contributed by atoms with Crippen LogP contribution in [0.5, 0.6) is 0 Å². The molecular formula is C26H19ClF3N3O3S. The summed E-state index contributed by atoms with van der Waals surface area (Å²) in [5.41, 5.74) is -3.08. The second-order valence-electron chi connectivity index (χ2n) is 8.74. The molecule has 0 aliphatic carbocycles. The van der Waals surface area contributed by atoms with Gasteiger partial charge in [-0.05, 0) is 67.9 Å². The quantitative estimate of drug-likeness (QED) is 0.360. The molecule has 11 heteroatoms. The van der Waals surface area contributed by atoms with Gasteiger partial charge in [0, 0.05) is 21.4 Å². The average molecular weight is 546 g/mol. The summed E-state index contributed by atoms with van der Waals surface area (Å²) in [5.74, 6) is -0.730. The van der Waals surface area contributed by atoms with E-state index in [1.165, 1.54) is 24.8 Å². The molecule has 1 unspecified atom stereocenters. The van der Waals surface area contributed by atoms with Gasteiger partial charge in [-0.3, -0.25) is 4.79 Å². The predicted octanol–water partition coefficient (Wildman–Crippen LogP) is 6.14. The predicted molar refractivity (Wildman–Crippen MR) is 131 cm³/mol. The van der Waals surface area contributed by atoms with Crippen LogP contribution in [0.1, 0.15) is 30.5 Å². The van der Waals surface area contributed by atoms with Crippen molar-refractivity contribution in [2.45, 2.75) is 41.9 Å². The van der Waals surface area contributed by atoms with Crippen LogP contribution in [0.25, 0.3) is 0 Å². The third kappa shape index (κ3) is 4.84. The van der Waals surface area contributed by atoms with Crippen LogP contribution >= 0.6 is 11.6 Å². The molecule has 4 rings (SSSR count). The second kappa shape index (κ2) is 9.65. The van der Waals surface area contributed by atoms with Crippen molar-refractivity contribution in [3.8, 4) is 6.07 Å². The summed E-state index contributed by atoms with van der Waals surface area (Å²) in [4.78, 5) is 29.5. The van der Waals surface area contributed by atoms with Crippen molar-refractivity contribution in [1.82, 2.24) is 4.90 Å². The van der Waals surface area contributed by atoms with E-state index in [9.17, 15) is 27.0 Å². The standard InChI is InChI=1S/C26H19ClF3N3O3S/c1-25(2)23(34)33(19-10-7-16(14-31)21(13-19)26(28,29)30)24(35)32(25)15-17-5-3-4-6-22(17)37(36)20-11-8-18(27)9-12-20/h3-13H,15H2,1-2H3. The number of hydrogen-bond donors (Lipinski definition) is 0. The zero-order valence-corrected chi connectivity index (χ0v) is 21.1. The van der Waals surface area contributed by atoms with E-state index in [0.717, 1.165) is 12.1 Å². The zero-order valence-electron chi connectivity index (χ0n) is 19.5. The van der Waals surface area contributed by atoms with Crippen LogP contribution in [0.3, 0.4) is 0 Å². The summed E-state index contributed by atoms with van der Waals surface area (Å²) >= 11 is 5.93. The van der Waals surface area contributed by atoms with Crippen LogP contribution in [-0.2, 0) is 28.3 Å². The number of carbonyl (C=O) groups excluding carboxylic acids is 2. The van der Waals surface area contributed by atoms with Gasteiger partial charge in [-0.15, -0.1) is 0 Å². The summed E-state index contributed by atoms with van der Waals surface area (Å²) in [6.07, 6.45) is -4.85. The van der Waals surface area contributed by atoms with E-state index < -0.39 is 45.6 Å². The number of urea groups is 1. The summed E-state index contributed by atoms with van der Waals surface area (Å²) in [7, 11) is -1.62. The molecule has 0 N–H and O–H groups in total. The van der Waals surface area contributed by atoms with E-state index in [1.807, 2.05) is 0 Å². The Hall–Kier alpha value is -3.68. The first-order valence-electron chi connectivity index (χ1n) is 10.9. The number of anilines is 1. The van der Waals surface area contributed by atoms with Crippen molar-refractivity contribution in [2.75, 3.05) is 4.90 Å². The van der Waals surface area contributed by atoms with Crippen molar-refractivity contribution in [3.05, 3.63) is 88.4 Å². The minimum Gasteiger partial charge on any atom is -0.305 e. The van der Waals surface area contributed by atoms with E-state index in [4.69, 9.17) is 16.9 Å². The first-order valence-corrected chi connectivity index (χ1v) is 12.4. The molecule has 3 aromatic carbocycles. The molecule has 1 aliphatic heterocycles. The van der Waals surface area contributed by atoms with Gasteiger partial charge < -0.3 is 4.90 Å². The number of hydrogen-bond acceptors (Lipinski definition) is 4. The van der Waals surface area contributed by atoms with Gasteiger partial charge in [0.15, 0.2) is 0 Å². The van der Waals surface area contributed by atoms with Crippen LogP contribution < -0.4 is 4.90 Å². The molecule has 1 fully saturated rings. The lowest BCUT2D eigenvalue weighted by atomic mass is 10.0. The third-order valence-electron chi connectivity index (χ3n) is 6.04. The highest BCUT2D eigenvalue weighted by Crippen LogP contribution is 2.38. The average Bonchev–Trinajstić information content (AvgIpc) is 3.02. The van der Waals surface area contributed by atoms with Gasteiger partial charge in [0.25, 0.3) is 5.91 Å². The highest BCUT2D eigenvalue weighted by atomic mass is 35.5. The van der Waals surface area contributed by atoms with Crippen molar-refractivity contribution in [1.29, 1.82) is 5.26 Å². The van der Waals surface area contributed by atoms with Gasteiger partial charge in [-0.1, -0.05) is 29.8 Å². The van der Waals surface area contributed by atoms with E-state index in [-0.39, 0.29) is 12.2 Å². The van der Waals surface area contributed by atoms with Crippen LogP contribution in [0.2, 0.25) is 5.02 Å². The topological polar surface area (TPSA) is 81.5 Å². The molecule has 0 aromatic heterocycles. The highest BCUT2D eigenvalue weighted by Gasteiger charge is 2.52. The summed E-state index contributed by atoms with van der Waals surface area (Å²) in [6.45, 7) is 2.85. The Labute approximate surface area is 218 Å². The number of carbonyl (C=O) groups is 2. The molecule has 190 valence electrons. The van der Waals surface area contributed by atoms with E-state index in [0.29, 0.717) is 31.3 Å². The normalized spacial score (nSPS) is 16.1. The van der Waals surface area contributed by atoms with Gasteiger partial charge in [0.05, 0.1) is 33.7 Å². The molecule has 0 bridgehead atoms. The lowest BCUT2D eigenvalue weighted by Crippen LogP contribution is -2.43. The number of nitrogens with zero attached hydrogens (tertiary/aromatic N) is 3. The van der Waals surface area contributed by atoms with E-state index in [1.54, 1.807) is 48.5 Å². The molecule has 3 amide bonds. The molecule has 37 heavy (non-hydrogen) atoms.